The maximum Gasteiger partial charge on any atom is 0.315 e. The van der Waals surface area contributed by atoms with Crippen LogP contribution in [0.4, 0.5) is 4.79 Å². The highest BCUT2D eigenvalue weighted by Crippen LogP contribution is 2.25. The van der Waals surface area contributed by atoms with Crippen LogP contribution in [0.1, 0.15) is 38.4 Å². The molecule has 0 unspecified atom stereocenters. The van der Waals surface area contributed by atoms with Crippen LogP contribution < -0.4 is 10.6 Å². The number of nitrogens with one attached hydrogen (secondary N) is 2. The first-order valence-corrected chi connectivity index (χ1v) is 6.47. The predicted octanol–water partition coefficient (Wildman–Crippen LogP) is 1.07. The first kappa shape index (κ1) is 15.9. The van der Waals surface area contributed by atoms with Gasteiger partial charge in [0.05, 0.1) is 12.0 Å². The normalized spacial score (nSPS) is 11.2. The minimum atomic E-state index is -0.930. The number of amides is 2. The molecular formula is C12H20N4O4. The highest BCUT2D eigenvalue weighted by atomic mass is 16.5. The number of hydrogen-bond donors (Lipinski definition) is 3. The monoisotopic (exact) mass is 284 g/mol. The summed E-state index contributed by atoms with van der Waals surface area (Å²) < 4.78 is 4.77. The molecule has 0 spiro atoms. The number of hydrogen-bond acceptors (Lipinski definition) is 5. The number of aliphatic carboxylic acids is 1. The summed E-state index contributed by atoms with van der Waals surface area (Å²) in [6.07, 6.45) is 0.895. The Morgan fingerprint density at radius 1 is 1.30 bits per heavy atom. The van der Waals surface area contributed by atoms with E-state index in [0.717, 1.165) is 0 Å². The van der Waals surface area contributed by atoms with E-state index in [-0.39, 0.29) is 13.1 Å². The Bertz CT molecular complexity index is 468. The number of aryl methyl sites for hydroxylation is 1. The van der Waals surface area contributed by atoms with Crippen LogP contribution >= 0.6 is 0 Å². The highest BCUT2D eigenvalue weighted by Gasteiger charge is 2.35. The number of rotatable bonds is 7. The Kier molecular flexibility index (Phi) is 5.48. The second-order valence-electron chi connectivity index (χ2n) is 4.56. The van der Waals surface area contributed by atoms with Crippen LogP contribution in [0.2, 0.25) is 0 Å². The molecule has 1 aromatic heterocycles. The van der Waals surface area contributed by atoms with E-state index in [9.17, 15) is 14.7 Å². The van der Waals surface area contributed by atoms with Gasteiger partial charge >= 0.3 is 12.0 Å². The fourth-order valence-electron chi connectivity index (χ4n) is 1.76. The molecule has 0 saturated heterocycles. The smallest absolute Gasteiger partial charge is 0.315 e. The van der Waals surface area contributed by atoms with E-state index in [1.807, 2.05) is 0 Å². The summed E-state index contributed by atoms with van der Waals surface area (Å²) in [5, 5.41) is 18.0. The molecule has 1 rings (SSSR count). The minimum Gasteiger partial charge on any atom is -0.481 e. The Morgan fingerprint density at radius 2 is 1.95 bits per heavy atom. The largest absolute Gasteiger partial charge is 0.481 e. The predicted molar refractivity (Wildman–Crippen MR) is 69.9 cm³/mol. The van der Waals surface area contributed by atoms with Crippen molar-refractivity contribution in [1.29, 1.82) is 0 Å². The van der Waals surface area contributed by atoms with E-state index < -0.39 is 17.4 Å². The second-order valence-corrected chi connectivity index (χ2v) is 4.56. The molecule has 1 heterocycles. The number of nitrogens with zero attached hydrogens (tertiary/aromatic N) is 2. The van der Waals surface area contributed by atoms with Gasteiger partial charge in [-0.15, -0.1) is 0 Å². The molecule has 0 aliphatic carbocycles. The van der Waals surface area contributed by atoms with Crippen molar-refractivity contribution < 1.29 is 19.2 Å². The standard InChI is InChI=1S/C12H20N4O4/c1-4-12(5-2,10(17)18)7-14-11(19)13-6-9-15-8(3)20-16-9/h4-7H2,1-3H3,(H,17,18)(H2,13,14,19). The highest BCUT2D eigenvalue weighted by molar-refractivity contribution is 5.78. The maximum absolute atomic E-state index is 11.6. The van der Waals surface area contributed by atoms with E-state index in [2.05, 4.69) is 20.8 Å². The lowest BCUT2D eigenvalue weighted by Gasteiger charge is -2.26. The van der Waals surface area contributed by atoms with Crippen molar-refractivity contribution in [2.75, 3.05) is 6.54 Å². The van der Waals surface area contributed by atoms with E-state index in [4.69, 9.17) is 4.52 Å². The van der Waals surface area contributed by atoms with Gasteiger partial charge in [0.15, 0.2) is 5.82 Å². The molecule has 0 aliphatic heterocycles. The molecule has 0 fully saturated rings. The molecular weight excluding hydrogens is 264 g/mol. The molecule has 1 aromatic rings. The van der Waals surface area contributed by atoms with Crippen LogP contribution in [-0.2, 0) is 11.3 Å². The van der Waals surface area contributed by atoms with Crippen molar-refractivity contribution in [1.82, 2.24) is 20.8 Å². The maximum atomic E-state index is 11.6. The zero-order chi connectivity index (χ0) is 15.2. The van der Waals surface area contributed by atoms with Gasteiger partial charge in [0.2, 0.25) is 5.89 Å². The second kappa shape index (κ2) is 6.88. The number of aromatic nitrogens is 2. The van der Waals surface area contributed by atoms with E-state index >= 15 is 0 Å². The van der Waals surface area contributed by atoms with Gasteiger partial charge in [-0.25, -0.2) is 4.79 Å². The first-order valence-electron chi connectivity index (χ1n) is 6.47. The van der Waals surface area contributed by atoms with Crippen LogP contribution in [0.25, 0.3) is 0 Å². The first-order chi connectivity index (χ1) is 9.43. The summed E-state index contributed by atoms with van der Waals surface area (Å²) in [4.78, 5) is 26.8. The van der Waals surface area contributed by atoms with Crippen LogP contribution in [0.5, 0.6) is 0 Å². The molecule has 0 saturated carbocycles. The van der Waals surface area contributed by atoms with Crippen LogP contribution in [0.3, 0.4) is 0 Å². The van der Waals surface area contributed by atoms with E-state index in [0.29, 0.717) is 24.6 Å². The molecule has 20 heavy (non-hydrogen) atoms. The fourth-order valence-corrected chi connectivity index (χ4v) is 1.76. The molecule has 0 bridgehead atoms. The zero-order valence-corrected chi connectivity index (χ0v) is 11.9. The van der Waals surface area contributed by atoms with E-state index in [1.165, 1.54) is 0 Å². The van der Waals surface area contributed by atoms with Crippen molar-refractivity contribution in [3.05, 3.63) is 11.7 Å². The summed E-state index contributed by atoms with van der Waals surface area (Å²) in [5.41, 5.74) is -0.930. The molecule has 3 N–H and O–H groups in total. The van der Waals surface area contributed by atoms with Gasteiger partial charge in [0.1, 0.15) is 0 Å². The average Bonchev–Trinajstić information content (AvgIpc) is 2.83. The van der Waals surface area contributed by atoms with Crippen molar-refractivity contribution in [3.63, 3.8) is 0 Å². The molecule has 0 aliphatic rings. The molecule has 112 valence electrons. The van der Waals surface area contributed by atoms with Gasteiger partial charge in [0.25, 0.3) is 0 Å². The van der Waals surface area contributed by atoms with Gasteiger partial charge < -0.3 is 20.3 Å². The number of carbonyl (C=O) groups is 2. The van der Waals surface area contributed by atoms with Crippen molar-refractivity contribution in [2.45, 2.75) is 40.2 Å². The molecule has 0 aromatic carbocycles. The summed E-state index contributed by atoms with van der Waals surface area (Å²) in [6.45, 7) is 5.44. The third kappa shape index (κ3) is 3.94. The summed E-state index contributed by atoms with van der Waals surface area (Å²) >= 11 is 0. The number of carboxylic acids is 1. The molecule has 0 radical (unpaired) electrons. The quantitative estimate of drug-likeness (QED) is 0.689. The minimum absolute atomic E-state index is 0.0758. The molecule has 8 nitrogen and oxygen atoms in total. The van der Waals surface area contributed by atoms with E-state index in [1.54, 1.807) is 20.8 Å². The summed E-state index contributed by atoms with van der Waals surface area (Å²) in [6, 6.07) is -0.458. The Labute approximate surface area is 116 Å². The SMILES string of the molecule is CCC(CC)(CNC(=O)NCc1noc(C)n1)C(=O)O. The average molecular weight is 284 g/mol. The van der Waals surface area contributed by atoms with Crippen molar-refractivity contribution in [3.8, 4) is 0 Å². The lowest BCUT2D eigenvalue weighted by atomic mass is 9.82. The lowest BCUT2D eigenvalue weighted by molar-refractivity contribution is -0.149. The van der Waals surface area contributed by atoms with Gasteiger partial charge in [-0.2, -0.15) is 4.98 Å². The Hall–Kier alpha value is -2.12. The lowest BCUT2D eigenvalue weighted by Crippen LogP contribution is -2.45. The van der Waals surface area contributed by atoms with Crippen molar-refractivity contribution >= 4 is 12.0 Å². The third-order valence-electron chi connectivity index (χ3n) is 3.37. The molecule has 8 heteroatoms. The van der Waals surface area contributed by atoms with Gasteiger partial charge in [-0.05, 0) is 12.8 Å². The third-order valence-corrected chi connectivity index (χ3v) is 3.37. The van der Waals surface area contributed by atoms with Crippen LogP contribution in [0.15, 0.2) is 4.52 Å². The topological polar surface area (TPSA) is 117 Å². The number of carboxylic acid groups (broad SMARTS) is 1. The molecule has 0 atom stereocenters. The van der Waals surface area contributed by atoms with Crippen LogP contribution in [-0.4, -0.2) is 33.8 Å². The number of urea groups is 1. The fraction of sp³-hybridized carbons (Fsp3) is 0.667. The van der Waals surface area contributed by atoms with Gasteiger partial charge in [-0.3, -0.25) is 4.79 Å². The van der Waals surface area contributed by atoms with Crippen LogP contribution in [0, 0.1) is 12.3 Å². The summed E-state index contributed by atoms with van der Waals surface area (Å²) in [7, 11) is 0. The Morgan fingerprint density at radius 3 is 2.40 bits per heavy atom. The van der Waals surface area contributed by atoms with Gasteiger partial charge in [0, 0.05) is 13.5 Å². The number of carbonyl (C=O) groups excluding carboxylic acids is 1. The summed E-state index contributed by atoms with van der Waals surface area (Å²) in [5.74, 6) is -0.117. The Balaban J connectivity index is 2.44. The van der Waals surface area contributed by atoms with Crippen molar-refractivity contribution in [2.24, 2.45) is 5.41 Å². The van der Waals surface area contributed by atoms with Gasteiger partial charge in [-0.1, -0.05) is 19.0 Å². The zero-order valence-electron chi connectivity index (χ0n) is 11.9. The molecule has 2 amide bonds.